The Hall–Kier alpha value is -3.50. The molecule has 0 bridgehead atoms. The van der Waals surface area contributed by atoms with E-state index >= 15 is 0 Å². The number of amides is 2. The minimum absolute atomic E-state index is 0.0902. The molecule has 31 heavy (non-hydrogen) atoms. The van der Waals surface area contributed by atoms with Gasteiger partial charge in [0, 0.05) is 12.2 Å². The van der Waals surface area contributed by atoms with Gasteiger partial charge in [0.25, 0.3) is 5.91 Å². The first-order valence-electron chi connectivity index (χ1n) is 9.50. The van der Waals surface area contributed by atoms with Gasteiger partial charge in [0.05, 0.1) is 0 Å². The first kappa shape index (κ1) is 20.8. The van der Waals surface area contributed by atoms with Crippen LogP contribution in [0, 0.1) is 6.92 Å². The van der Waals surface area contributed by atoms with Gasteiger partial charge in [-0.1, -0.05) is 35.1 Å². The van der Waals surface area contributed by atoms with E-state index in [4.69, 9.17) is 14.2 Å². The van der Waals surface area contributed by atoms with E-state index in [0.717, 1.165) is 22.5 Å². The van der Waals surface area contributed by atoms with Crippen LogP contribution in [-0.4, -0.2) is 35.4 Å². The number of rotatable bonds is 8. The summed E-state index contributed by atoms with van der Waals surface area (Å²) in [6.07, 6.45) is 0. The molecule has 4 rings (SSSR count). The van der Waals surface area contributed by atoms with Crippen molar-refractivity contribution in [3.8, 4) is 11.5 Å². The van der Waals surface area contributed by atoms with Crippen LogP contribution >= 0.6 is 11.3 Å². The number of aryl methyl sites for hydroxylation is 1. The summed E-state index contributed by atoms with van der Waals surface area (Å²) in [5.41, 5.74) is 2.68. The van der Waals surface area contributed by atoms with Gasteiger partial charge in [0.15, 0.2) is 11.5 Å². The average Bonchev–Trinajstić information content (AvgIpc) is 3.43. The molecule has 0 atom stereocenters. The average molecular weight is 440 g/mol. The quantitative estimate of drug-likeness (QED) is 0.554. The molecule has 2 amide bonds. The Bertz CT molecular complexity index is 1080. The fourth-order valence-corrected chi connectivity index (χ4v) is 3.43. The predicted molar refractivity (Wildman–Crippen MR) is 113 cm³/mol. The molecule has 1 aliphatic heterocycles. The summed E-state index contributed by atoms with van der Waals surface area (Å²) in [5, 5.41) is 14.1. The summed E-state index contributed by atoms with van der Waals surface area (Å²) in [6, 6.07) is 13.0. The molecule has 2 aromatic carbocycles. The van der Waals surface area contributed by atoms with E-state index in [-0.39, 0.29) is 36.8 Å². The predicted octanol–water partition coefficient (Wildman–Crippen LogP) is 2.66. The molecule has 2 heterocycles. The van der Waals surface area contributed by atoms with Gasteiger partial charge in [0.2, 0.25) is 17.7 Å². The lowest BCUT2D eigenvalue weighted by atomic mass is 10.2. The summed E-state index contributed by atoms with van der Waals surface area (Å²) < 4.78 is 16.0. The van der Waals surface area contributed by atoms with Gasteiger partial charge in [-0.2, -0.15) is 0 Å². The molecule has 0 spiro atoms. The molecule has 160 valence electrons. The Morgan fingerprint density at radius 2 is 1.90 bits per heavy atom. The zero-order valence-electron chi connectivity index (χ0n) is 16.7. The lowest BCUT2D eigenvalue weighted by Gasteiger charge is -2.06. The number of aromatic nitrogens is 2. The SMILES string of the molecule is Cc1ccc(NC(=O)c2nnc(COCC(=O)NCc3ccc4c(c3)OCO4)s2)cc1. The highest BCUT2D eigenvalue weighted by Crippen LogP contribution is 2.32. The number of hydrogen-bond acceptors (Lipinski definition) is 8. The second kappa shape index (κ2) is 9.54. The van der Waals surface area contributed by atoms with Gasteiger partial charge in [-0.3, -0.25) is 9.59 Å². The van der Waals surface area contributed by atoms with Crippen LogP contribution in [0.3, 0.4) is 0 Å². The standard InChI is InChI=1S/C21H20N4O5S/c1-13-2-5-15(6-3-13)23-20(27)21-25-24-19(31-21)11-28-10-18(26)22-9-14-4-7-16-17(8-14)30-12-29-16/h2-8H,9-12H2,1H3,(H,22,26)(H,23,27). The fourth-order valence-electron chi connectivity index (χ4n) is 2.76. The van der Waals surface area contributed by atoms with Crippen molar-refractivity contribution >= 4 is 28.8 Å². The second-order valence-corrected chi connectivity index (χ2v) is 7.84. The van der Waals surface area contributed by atoms with Crippen molar-refractivity contribution in [2.75, 3.05) is 18.7 Å². The molecule has 1 aromatic heterocycles. The number of fused-ring (bicyclic) bond motifs is 1. The first-order chi connectivity index (χ1) is 15.1. The zero-order chi connectivity index (χ0) is 21.6. The van der Waals surface area contributed by atoms with Crippen molar-refractivity contribution in [2.24, 2.45) is 0 Å². The Balaban J connectivity index is 1.19. The maximum atomic E-state index is 12.3. The summed E-state index contributed by atoms with van der Waals surface area (Å²) >= 11 is 1.12. The van der Waals surface area contributed by atoms with Gasteiger partial charge in [-0.05, 0) is 36.8 Å². The lowest BCUT2D eigenvalue weighted by molar-refractivity contribution is -0.126. The minimum atomic E-state index is -0.339. The van der Waals surface area contributed by atoms with Crippen LogP contribution < -0.4 is 20.1 Å². The lowest BCUT2D eigenvalue weighted by Crippen LogP contribution is -2.27. The normalized spacial score (nSPS) is 11.9. The summed E-state index contributed by atoms with van der Waals surface area (Å²) in [6.45, 7) is 2.49. The van der Waals surface area contributed by atoms with Crippen molar-refractivity contribution in [3.05, 3.63) is 63.6 Å². The third kappa shape index (κ3) is 5.56. The zero-order valence-corrected chi connectivity index (χ0v) is 17.5. The molecule has 0 radical (unpaired) electrons. The molecule has 9 nitrogen and oxygen atoms in total. The van der Waals surface area contributed by atoms with Crippen molar-refractivity contribution < 1.29 is 23.8 Å². The van der Waals surface area contributed by atoms with E-state index in [1.165, 1.54) is 0 Å². The van der Waals surface area contributed by atoms with E-state index in [2.05, 4.69) is 20.8 Å². The third-order valence-electron chi connectivity index (χ3n) is 4.36. The van der Waals surface area contributed by atoms with E-state index in [1.807, 2.05) is 49.4 Å². The molecular formula is C21H20N4O5S. The maximum Gasteiger partial charge on any atom is 0.286 e. The van der Waals surface area contributed by atoms with Crippen molar-refractivity contribution in [3.63, 3.8) is 0 Å². The largest absolute Gasteiger partial charge is 0.454 e. The topological polar surface area (TPSA) is 112 Å². The highest BCUT2D eigenvalue weighted by Gasteiger charge is 2.15. The van der Waals surface area contributed by atoms with E-state index in [0.29, 0.717) is 28.7 Å². The molecule has 0 aliphatic carbocycles. The Morgan fingerprint density at radius 1 is 1.10 bits per heavy atom. The second-order valence-electron chi connectivity index (χ2n) is 6.78. The summed E-state index contributed by atoms with van der Waals surface area (Å²) in [5.74, 6) is 0.762. The Morgan fingerprint density at radius 3 is 2.74 bits per heavy atom. The molecule has 3 aromatic rings. The first-order valence-corrected chi connectivity index (χ1v) is 10.3. The molecule has 10 heteroatoms. The number of anilines is 1. The fraction of sp³-hybridized carbons (Fsp3) is 0.238. The molecule has 0 saturated carbocycles. The van der Waals surface area contributed by atoms with Crippen LogP contribution in [0.15, 0.2) is 42.5 Å². The van der Waals surface area contributed by atoms with Crippen LogP contribution in [0.2, 0.25) is 0 Å². The number of carbonyl (C=O) groups excluding carboxylic acids is 2. The summed E-state index contributed by atoms with van der Waals surface area (Å²) in [7, 11) is 0. The molecule has 2 N–H and O–H groups in total. The number of ether oxygens (including phenoxy) is 3. The number of nitrogens with zero attached hydrogens (tertiary/aromatic N) is 2. The van der Waals surface area contributed by atoms with E-state index in [1.54, 1.807) is 0 Å². The number of nitrogens with one attached hydrogen (secondary N) is 2. The number of carbonyl (C=O) groups is 2. The number of benzene rings is 2. The van der Waals surface area contributed by atoms with Crippen molar-refractivity contribution in [2.45, 2.75) is 20.1 Å². The van der Waals surface area contributed by atoms with Crippen LogP contribution in [0.5, 0.6) is 11.5 Å². The third-order valence-corrected chi connectivity index (χ3v) is 5.25. The maximum absolute atomic E-state index is 12.3. The van der Waals surface area contributed by atoms with Gasteiger partial charge >= 0.3 is 0 Å². The molecular weight excluding hydrogens is 420 g/mol. The van der Waals surface area contributed by atoms with Crippen LogP contribution in [0.1, 0.15) is 25.9 Å². The summed E-state index contributed by atoms with van der Waals surface area (Å²) in [4.78, 5) is 24.3. The highest BCUT2D eigenvalue weighted by atomic mass is 32.1. The van der Waals surface area contributed by atoms with Gasteiger partial charge in [-0.25, -0.2) is 0 Å². The molecule has 0 fully saturated rings. The minimum Gasteiger partial charge on any atom is -0.454 e. The molecule has 1 aliphatic rings. The monoisotopic (exact) mass is 440 g/mol. The van der Waals surface area contributed by atoms with E-state index in [9.17, 15) is 9.59 Å². The van der Waals surface area contributed by atoms with Crippen LogP contribution in [0.25, 0.3) is 0 Å². The highest BCUT2D eigenvalue weighted by molar-refractivity contribution is 7.13. The van der Waals surface area contributed by atoms with Crippen LogP contribution in [-0.2, 0) is 22.7 Å². The van der Waals surface area contributed by atoms with Gasteiger partial charge in [-0.15, -0.1) is 10.2 Å². The van der Waals surface area contributed by atoms with Crippen molar-refractivity contribution in [1.82, 2.24) is 15.5 Å². The Kier molecular flexibility index (Phi) is 6.39. The molecule has 0 saturated heterocycles. The van der Waals surface area contributed by atoms with Gasteiger partial charge in [0.1, 0.15) is 18.2 Å². The number of hydrogen-bond donors (Lipinski definition) is 2. The van der Waals surface area contributed by atoms with Gasteiger partial charge < -0.3 is 24.8 Å². The van der Waals surface area contributed by atoms with Crippen LogP contribution in [0.4, 0.5) is 5.69 Å². The smallest absolute Gasteiger partial charge is 0.286 e. The van der Waals surface area contributed by atoms with E-state index < -0.39 is 0 Å². The van der Waals surface area contributed by atoms with Crippen molar-refractivity contribution in [1.29, 1.82) is 0 Å². The molecule has 0 unspecified atom stereocenters. The Labute approximate surface area is 182 Å².